The number of hydrogen-bond acceptors (Lipinski definition) is 4. The van der Waals surface area contributed by atoms with E-state index in [-0.39, 0.29) is 18.1 Å². The number of nitrogens with zero attached hydrogens (tertiary/aromatic N) is 1. The number of esters is 1. The van der Waals surface area contributed by atoms with Crippen molar-refractivity contribution < 1.29 is 9.53 Å². The van der Waals surface area contributed by atoms with Crippen LogP contribution in [0.4, 0.5) is 0 Å². The third-order valence-corrected chi connectivity index (χ3v) is 4.44. The van der Waals surface area contributed by atoms with Crippen molar-refractivity contribution >= 4 is 5.97 Å². The fourth-order valence-electron chi connectivity index (χ4n) is 3.34. The van der Waals surface area contributed by atoms with Gasteiger partial charge in [0.1, 0.15) is 6.04 Å². The molecule has 0 amide bonds. The standard InChI is InChI=1S/C14H26N2O2/c1-18-14(17)13-9-12(15)7-8-16(13)10-11-5-3-2-4-6-11/h11-13H,2-10,15H2,1H3/t12-,13+/m1/s1. The molecule has 0 bridgehead atoms. The second-order valence-electron chi connectivity index (χ2n) is 5.82. The van der Waals surface area contributed by atoms with Crippen LogP contribution >= 0.6 is 0 Å². The Morgan fingerprint density at radius 2 is 2.00 bits per heavy atom. The third-order valence-electron chi connectivity index (χ3n) is 4.44. The SMILES string of the molecule is COC(=O)[C@@H]1C[C@H](N)CCN1CC1CCCCC1. The van der Waals surface area contributed by atoms with Crippen molar-refractivity contribution in [3.8, 4) is 0 Å². The fraction of sp³-hybridized carbons (Fsp3) is 0.929. The second-order valence-corrected chi connectivity index (χ2v) is 5.82. The van der Waals surface area contributed by atoms with Crippen molar-refractivity contribution in [1.82, 2.24) is 4.90 Å². The summed E-state index contributed by atoms with van der Waals surface area (Å²) in [6.45, 7) is 1.99. The van der Waals surface area contributed by atoms with E-state index in [0.717, 1.165) is 31.8 Å². The van der Waals surface area contributed by atoms with E-state index in [1.54, 1.807) is 0 Å². The van der Waals surface area contributed by atoms with Crippen LogP contribution in [0.2, 0.25) is 0 Å². The van der Waals surface area contributed by atoms with Crippen LogP contribution in [0.3, 0.4) is 0 Å². The first kappa shape index (κ1) is 13.8. The molecule has 2 fully saturated rings. The summed E-state index contributed by atoms with van der Waals surface area (Å²) < 4.78 is 4.92. The zero-order valence-electron chi connectivity index (χ0n) is 11.4. The second kappa shape index (κ2) is 6.53. The molecule has 4 nitrogen and oxygen atoms in total. The third kappa shape index (κ3) is 3.45. The molecule has 2 rings (SSSR count). The van der Waals surface area contributed by atoms with Gasteiger partial charge < -0.3 is 10.5 Å². The molecule has 0 unspecified atom stereocenters. The molecule has 1 saturated carbocycles. The smallest absolute Gasteiger partial charge is 0.323 e. The molecular formula is C14H26N2O2. The van der Waals surface area contributed by atoms with Gasteiger partial charge in [0.15, 0.2) is 0 Å². The normalized spacial score (nSPS) is 31.2. The molecule has 2 aliphatic rings. The lowest BCUT2D eigenvalue weighted by molar-refractivity contribution is -0.149. The quantitative estimate of drug-likeness (QED) is 0.776. The van der Waals surface area contributed by atoms with Gasteiger partial charge in [-0.2, -0.15) is 0 Å². The lowest BCUT2D eigenvalue weighted by atomic mass is 9.87. The summed E-state index contributed by atoms with van der Waals surface area (Å²) in [4.78, 5) is 14.2. The largest absolute Gasteiger partial charge is 0.468 e. The van der Waals surface area contributed by atoms with Gasteiger partial charge in [-0.15, -0.1) is 0 Å². The predicted molar refractivity (Wildman–Crippen MR) is 71.2 cm³/mol. The van der Waals surface area contributed by atoms with Crippen LogP contribution < -0.4 is 5.73 Å². The van der Waals surface area contributed by atoms with Gasteiger partial charge in [0.25, 0.3) is 0 Å². The van der Waals surface area contributed by atoms with Crippen molar-refractivity contribution in [2.45, 2.75) is 57.0 Å². The number of hydrogen-bond donors (Lipinski definition) is 1. The van der Waals surface area contributed by atoms with Crippen molar-refractivity contribution in [1.29, 1.82) is 0 Å². The molecule has 0 spiro atoms. The van der Waals surface area contributed by atoms with Gasteiger partial charge in [-0.1, -0.05) is 19.3 Å². The average molecular weight is 254 g/mol. The van der Waals surface area contributed by atoms with Crippen LogP contribution in [-0.4, -0.2) is 43.2 Å². The Balaban J connectivity index is 1.92. The molecule has 1 heterocycles. The minimum absolute atomic E-state index is 0.110. The maximum Gasteiger partial charge on any atom is 0.323 e. The number of rotatable bonds is 3. The Labute approximate surface area is 110 Å². The van der Waals surface area contributed by atoms with Crippen molar-refractivity contribution in [2.24, 2.45) is 11.7 Å². The summed E-state index contributed by atoms with van der Waals surface area (Å²) in [7, 11) is 1.47. The molecule has 0 aromatic heterocycles. The average Bonchev–Trinajstić information content (AvgIpc) is 2.41. The molecular weight excluding hydrogens is 228 g/mol. The van der Waals surface area contributed by atoms with E-state index in [1.165, 1.54) is 39.2 Å². The molecule has 0 aromatic carbocycles. The number of carbonyl (C=O) groups excluding carboxylic acids is 1. The topological polar surface area (TPSA) is 55.6 Å². The maximum atomic E-state index is 11.8. The molecule has 104 valence electrons. The van der Waals surface area contributed by atoms with Crippen molar-refractivity contribution in [3.05, 3.63) is 0 Å². The van der Waals surface area contributed by atoms with Gasteiger partial charge in [-0.05, 0) is 31.6 Å². The summed E-state index contributed by atoms with van der Waals surface area (Å²) in [6, 6.07) is 0.0392. The summed E-state index contributed by atoms with van der Waals surface area (Å²) >= 11 is 0. The highest BCUT2D eigenvalue weighted by Crippen LogP contribution is 2.27. The minimum atomic E-state index is -0.110. The Hall–Kier alpha value is -0.610. The number of piperidine rings is 1. The molecule has 2 N–H and O–H groups in total. The number of methoxy groups -OCH3 is 1. The van der Waals surface area contributed by atoms with E-state index >= 15 is 0 Å². The van der Waals surface area contributed by atoms with Crippen LogP contribution in [0.15, 0.2) is 0 Å². The van der Waals surface area contributed by atoms with E-state index in [0.29, 0.717) is 0 Å². The molecule has 1 aliphatic heterocycles. The van der Waals surface area contributed by atoms with E-state index < -0.39 is 0 Å². The van der Waals surface area contributed by atoms with E-state index in [2.05, 4.69) is 4.90 Å². The molecule has 2 atom stereocenters. The van der Waals surface area contributed by atoms with Crippen LogP contribution in [0, 0.1) is 5.92 Å². The van der Waals surface area contributed by atoms with E-state index in [4.69, 9.17) is 10.5 Å². The highest BCUT2D eigenvalue weighted by molar-refractivity contribution is 5.75. The van der Waals surface area contributed by atoms with Crippen molar-refractivity contribution in [3.63, 3.8) is 0 Å². The van der Waals surface area contributed by atoms with E-state index in [9.17, 15) is 4.79 Å². The van der Waals surface area contributed by atoms with Gasteiger partial charge >= 0.3 is 5.97 Å². The molecule has 4 heteroatoms. The zero-order valence-corrected chi connectivity index (χ0v) is 11.4. The number of nitrogens with two attached hydrogens (primary N) is 1. The van der Waals surface area contributed by atoms with Crippen LogP contribution in [0.25, 0.3) is 0 Å². The predicted octanol–water partition coefficient (Wildman–Crippen LogP) is 1.53. The lowest BCUT2D eigenvalue weighted by Gasteiger charge is -2.39. The summed E-state index contributed by atoms with van der Waals surface area (Å²) in [5, 5.41) is 0. The number of likely N-dealkylation sites (tertiary alicyclic amines) is 1. The Bertz CT molecular complexity index is 277. The summed E-state index contributed by atoms with van der Waals surface area (Å²) in [6.07, 6.45) is 8.45. The molecule has 0 aromatic rings. The Morgan fingerprint density at radius 3 is 2.67 bits per heavy atom. The van der Waals surface area contributed by atoms with E-state index in [1.807, 2.05) is 0 Å². The first-order chi connectivity index (χ1) is 8.70. The van der Waals surface area contributed by atoms with Gasteiger partial charge in [0.2, 0.25) is 0 Å². The lowest BCUT2D eigenvalue weighted by Crippen LogP contribution is -2.52. The summed E-state index contributed by atoms with van der Waals surface area (Å²) in [5.41, 5.74) is 5.98. The highest BCUT2D eigenvalue weighted by Gasteiger charge is 2.34. The van der Waals surface area contributed by atoms with Crippen LogP contribution in [0.5, 0.6) is 0 Å². The highest BCUT2D eigenvalue weighted by atomic mass is 16.5. The minimum Gasteiger partial charge on any atom is -0.468 e. The number of ether oxygens (including phenoxy) is 1. The van der Waals surface area contributed by atoms with Crippen molar-refractivity contribution in [2.75, 3.05) is 20.2 Å². The maximum absolute atomic E-state index is 11.8. The van der Waals surface area contributed by atoms with Gasteiger partial charge in [-0.25, -0.2) is 0 Å². The van der Waals surface area contributed by atoms with Gasteiger partial charge in [-0.3, -0.25) is 9.69 Å². The first-order valence-corrected chi connectivity index (χ1v) is 7.28. The van der Waals surface area contributed by atoms with Gasteiger partial charge in [0, 0.05) is 19.1 Å². The number of carbonyl (C=O) groups is 1. The Morgan fingerprint density at radius 1 is 1.28 bits per heavy atom. The zero-order chi connectivity index (χ0) is 13.0. The molecule has 0 radical (unpaired) electrons. The summed E-state index contributed by atoms with van der Waals surface area (Å²) in [5.74, 6) is 0.654. The Kier molecular flexibility index (Phi) is 5.01. The molecule has 1 saturated heterocycles. The van der Waals surface area contributed by atoms with Gasteiger partial charge in [0.05, 0.1) is 7.11 Å². The monoisotopic (exact) mass is 254 g/mol. The molecule has 18 heavy (non-hydrogen) atoms. The first-order valence-electron chi connectivity index (χ1n) is 7.28. The van der Waals surface area contributed by atoms with Crippen LogP contribution in [-0.2, 0) is 9.53 Å². The fourth-order valence-corrected chi connectivity index (χ4v) is 3.34. The van der Waals surface area contributed by atoms with Crippen LogP contribution in [0.1, 0.15) is 44.9 Å². The molecule has 1 aliphatic carbocycles.